The Hall–Kier alpha value is -1.72. The number of carboxylic acid groups (broad SMARTS) is 1. The number of hydrogen-bond donors (Lipinski definition) is 7. The van der Waals surface area contributed by atoms with Crippen molar-refractivity contribution in [3.05, 3.63) is 11.6 Å². The van der Waals surface area contributed by atoms with E-state index in [0.717, 1.165) is 51.4 Å². The third kappa shape index (κ3) is 6.82. The number of fused-ring (bicyclic) bond motifs is 7. The van der Waals surface area contributed by atoms with E-state index in [-0.39, 0.29) is 39.6 Å². The van der Waals surface area contributed by atoms with Crippen molar-refractivity contribution in [3.63, 3.8) is 0 Å². The van der Waals surface area contributed by atoms with Crippen LogP contribution in [0.2, 0.25) is 0 Å². The highest BCUT2D eigenvalue weighted by Gasteiger charge is 2.69. The Bertz CT molecular complexity index is 1600. The van der Waals surface area contributed by atoms with E-state index in [2.05, 4.69) is 54.5 Å². The minimum atomic E-state index is -1.79. The lowest BCUT2D eigenvalue weighted by molar-refractivity contribution is -0.369. The van der Waals surface area contributed by atoms with Crippen molar-refractivity contribution >= 4 is 11.9 Å². The number of allylic oxidation sites excluding steroid dienone is 2. The maximum absolute atomic E-state index is 13.1. The number of aliphatic hydroxyl groups is 6. The van der Waals surface area contributed by atoms with Crippen LogP contribution in [-0.4, -0.2) is 128 Å². The van der Waals surface area contributed by atoms with Crippen LogP contribution in [0, 0.1) is 50.2 Å². The molecular formula is C44H70O14. The Morgan fingerprint density at radius 1 is 0.759 bits per heavy atom. The molecule has 0 spiro atoms. The Labute approximate surface area is 342 Å². The zero-order chi connectivity index (χ0) is 42.5. The van der Waals surface area contributed by atoms with Crippen LogP contribution in [-0.2, 0) is 33.3 Å². The van der Waals surface area contributed by atoms with Crippen LogP contribution in [0.4, 0.5) is 0 Å². The van der Waals surface area contributed by atoms with E-state index in [9.17, 15) is 45.3 Å². The molecule has 2 heterocycles. The third-order valence-electron chi connectivity index (χ3n) is 17.5. The molecule has 7 aliphatic rings. The van der Waals surface area contributed by atoms with Gasteiger partial charge in [-0.25, -0.2) is 0 Å². The summed E-state index contributed by atoms with van der Waals surface area (Å²) in [5.74, 6) is -0.634. The number of aliphatic carboxylic acids is 1. The van der Waals surface area contributed by atoms with Crippen molar-refractivity contribution in [2.75, 3.05) is 13.2 Å². The second-order valence-corrected chi connectivity index (χ2v) is 21.3. The van der Waals surface area contributed by atoms with Crippen LogP contribution in [0.25, 0.3) is 0 Å². The zero-order valence-corrected chi connectivity index (χ0v) is 35.6. The summed E-state index contributed by atoms with van der Waals surface area (Å²) in [7, 11) is 0. The molecule has 0 amide bonds. The fraction of sp³-hybridized carbons (Fsp3) is 0.909. The van der Waals surface area contributed by atoms with Gasteiger partial charge in [0, 0.05) is 6.92 Å². The van der Waals surface area contributed by atoms with E-state index < -0.39 is 97.4 Å². The van der Waals surface area contributed by atoms with Crippen molar-refractivity contribution in [3.8, 4) is 0 Å². The van der Waals surface area contributed by atoms with Gasteiger partial charge in [0.2, 0.25) is 0 Å². The van der Waals surface area contributed by atoms with Crippen LogP contribution in [0.1, 0.15) is 120 Å². The molecule has 2 aliphatic heterocycles. The van der Waals surface area contributed by atoms with Gasteiger partial charge in [0.25, 0.3) is 0 Å². The van der Waals surface area contributed by atoms with Gasteiger partial charge in [-0.05, 0) is 109 Å². The minimum absolute atomic E-state index is 0.0251. The molecule has 14 nitrogen and oxygen atoms in total. The van der Waals surface area contributed by atoms with E-state index in [0.29, 0.717) is 18.8 Å². The van der Waals surface area contributed by atoms with Crippen LogP contribution in [0.3, 0.4) is 0 Å². The number of esters is 1. The molecule has 7 N–H and O–H groups in total. The lowest BCUT2D eigenvalue weighted by Crippen LogP contribution is -2.67. The Balaban J connectivity index is 1.10. The molecule has 58 heavy (non-hydrogen) atoms. The number of carboxylic acids is 1. The highest BCUT2D eigenvalue weighted by atomic mass is 16.7. The topological polar surface area (TPSA) is 222 Å². The smallest absolute Gasteiger partial charge is 0.310 e. The van der Waals surface area contributed by atoms with Crippen LogP contribution >= 0.6 is 0 Å². The van der Waals surface area contributed by atoms with Gasteiger partial charge in [-0.3, -0.25) is 9.59 Å². The van der Waals surface area contributed by atoms with Gasteiger partial charge < -0.3 is 59.4 Å². The predicted molar refractivity (Wildman–Crippen MR) is 207 cm³/mol. The average Bonchev–Trinajstić information content (AvgIpc) is 3.14. The number of carbonyl (C=O) groups excluding carboxylic acids is 1. The second-order valence-electron chi connectivity index (χ2n) is 21.3. The minimum Gasteiger partial charge on any atom is -0.481 e. The first-order chi connectivity index (χ1) is 27.0. The van der Waals surface area contributed by atoms with Gasteiger partial charge in [-0.1, -0.05) is 60.1 Å². The summed E-state index contributed by atoms with van der Waals surface area (Å²) < 4.78 is 29.2. The number of rotatable bonds is 8. The molecule has 14 heteroatoms. The maximum Gasteiger partial charge on any atom is 0.310 e. The van der Waals surface area contributed by atoms with Crippen LogP contribution < -0.4 is 0 Å². The van der Waals surface area contributed by atoms with Crippen molar-refractivity contribution in [2.45, 2.75) is 187 Å². The number of hydrogen-bond acceptors (Lipinski definition) is 13. The highest BCUT2D eigenvalue weighted by molar-refractivity contribution is 5.76. The van der Waals surface area contributed by atoms with Gasteiger partial charge in [-0.2, -0.15) is 0 Å². The number of carbonyl (C=O) groups is 2. The quantitative estimate of drug-likeness (QED) is 0.106. The predicted octanol–water partition coefficient (Wildman–Crippen LogP) is 3.45. The molecule has 4 saturated carbocycles. The van der Waals surface area contributed by atoms with Crippen molar-refractivity contribution < 1.29 is 69.0 Å². The van der Waals surface area contributed by atoms with Gasteiger partial charge in [-0.15, -0.1) is 0 Å². The van der Waals surface area contributed by atoms with Crippen LogP contribution in [0.5, 0.6) is 0 Å². The Morgan fingerprint density at radius 3 is 2.07 bits per heavy atom. The molecule has 6 fully saturated rings. The first-order valence-corrected chi connectivity index (χ1v) is 21.7. The maximum atomic E-state index is 13.1. The normalized spacial score (nSPS) is 50.9. The summed E-state index contributed by atoms with van der Waals surface area (Å²) in [4.78, 5) is 24.5. The van der Waals surface area contributed by atoms with Gasteiger partial charge in [0.1, 0.15) is 55.4 Å². The third-order valence-corrected chi connectivity index (χ3v) is 17.5. The molecule has 7 rings (SSSR count). The molecule has 5 aliphatic carbocycles. The number of ether oxygens (including phenoxy) is 5. The highest BCUT2D eigenvalue weighted by Crippen LogP contribution is 2.76. The molecule has 0 aromatic rings. The van der Waals surface area contributed by atoms with Gasteiger partial charge >= 0.3 is 11.9 Å². The largest absolute Gasteiger partial charge is 0.481 e. The van der Waals surface area contributed by atoms with Gasteiger partial charge in [0.15, 0.2) is 12.6 Å². The molecule has 0 radical (unpaired) electrons. The first-order valence-electron chi connectivity index (χ1n) is 21.7. The summed E-state index contributed by atoms with van der Waals surface area (Å²) in [6, 6.07) is 0. The Morgan fingerprint density at radius 2 is 1.41 bits per heavy atom. The standard InChI is InChI=1S/C44H70O14/c1-22(46)54-21-26-30(47)32(49)33(50)36(56-26)58-35-31(48)25(20-45)55-37(34(35)51)57-29-12-13-41(6)27(40(29,4)5)11-14-43(8)28(41)10-9-23-24-19-39(2,3)15-17-44(24,38(52)53)18-16-42(23,43)7/h9,24-37,45,47-51H,10-21H2,1-8H3,(H,52,53). The molecule has 0 aromatic carbocycles. The van der Waals surface area contributed by atoms with Crippen molar-refractivity contribution in [1.29, 1.82) is 0 Å². The van der Waals surface area contributed by atoms with E-state index in [1.807, 2.05) is 0 Å². The summed E-state index contributed by atoms with van der Waals surface area (Å²) in [5.41, 5.74) is 0.206. The van der Waals surface area contributed by atoms with Crippen molar-refractivity contribution in [1.82, 2.24) is 0 Å². The fourth-order valence-corrected chi connectivity index (χ4v) is 13.9. The number of aliphatic hydroxyl groups excluding tert-OH is 6. The summed E-state index contributed by atoms with van der Waals surface area (Å²) in [5, 5.41) is 75.6. The molecule has 0 aromatic heterocycles. The van der Waals surface area contributed by atoms with E-state index in [4.69, 9.17) is 23.7 Å². The molecule has 0 bridgehead atoms. The van der Waals surface area contributed by atoms with Gasteiger partial charge in [0.05, 0.1) is 18.1 Å². The molecular weight excluding hydrogens is 752 g/mol. The van der Waals surface area contributed by atoms with Crippen LogP contribution in [0.15, 0.2) is 11.6 Å². The molecule has 18 unspecified atom stereocenters. The zero-order valence-electron chi connectivity index (χ0n) is 35.6. The Kier molecular flexibility index (Phi) is 11.7. The molecule has 18 atom stereocenters. The lowest BCUT2D eigenvalue weighted by atomic mass is 9.33. The summed E-state index contributed by atoms with van der Waals surface area (Å²) in [6.07, 6.45) is -4.75. The molecule has 330 valence electrons. The fourth-order valence-electron chi connectivity index (χ4n) is 13.9. The summed E-state index contributed by atoms with van der Waals surface area (Å²) in [6.45, 7) is 16.5. The van der Waals surface area contributed by atoms with E-state index in [1.54, 1.807) is 0 Å². The SMILES string of the molecule is CC(=O)OCC1OC(OC2C(O)C(CO)OC(OC3CCC4(C)C(CCC5(C)C4CC=C4C6CC(C)(C)CCC6(C(=O)O)CCC45C)C3(C)C)C2O)C(O)C(O)C1O. The first kappa shape index (κ1) is 44.3. The average molecular weight is 823 g/mol. The van der Waals surface area contributed by atoms with E-state index in [1.165, 1.54) is 12.5 Å². The lowest BCUT2D eigenvalue weighted by Gasteiger charge is -2.71. The van der Waals surface area contributed by atoms with E-state index >= 15 is 0 Å². The summed E-state index contributed by atoms with van der Waals surface area (Å²) >= 11 is 0. The second kappa shape index (κ2) is 15.3. The van der Waals surface area contributed by atoms with Crippen molar-refractivity contribution in [2.24, 2.45) is 50.2 Å². The molecule has 2 saturated heterocycles. The monoisotopic (exact) mass is 822 g/mol.